The summed E-state index contributed by atoms with van der Waals surface area (Å²) in [5.41, 5.74) is 7.39. The SMILES string of the molecule is C.C.C=CCN1CCC(=C(c2ccccc2)c2ccc(C(=O)N(CC)CC)cc2)CC1.C=CCN1CCC(C(O)(c2ccccc2)c2ccc(C(=O)N(CC)CC)cc2)CC1.O=S(Cl)Cl. The zero-order valence-corrected chi connectivity index (χ0v) is 39.9. The fourth-order valence-electron chi connectivity index (χ4n) is 8.70. The van der Waals surface area contributed by atoms with Crippen molar-refractivity contribution in [2.75, 3.05) is 65.4 Å². The molecular weight excluding hydrogens is 872 g/mol. The third-order valence-corrected chi connectivity index (χ3v) is 12.1. The summed E-state index contributed by atoms with van der Waals surface area (Å²) in [6.07, 6.45) is 7.89. The maximum atomic E-state index is 12.7. The third kappa shape index (κ3) is 15.9. The van der Waals surface area contributed by atoms with Crippen LogP contribution in [-0.2, 0) is 14.8 Å². The first-order chi connectivity index (χ1) is 30.4. The predicted molar refractivity (Wildman–Crippen MR) is 278 cm³/mol. The molecule has 2 amide bonds. The van der Waals surface area contributed by atoms with Gasteiger partial charge in [0.2, 0.25) is 9.23 Å². The molecule has 2 aliphatic rings. The van der Waals surface area contributed by atoms with Crippen molar-refractivity contribution in [1.82, 2.24) is 19.6 Å². The van der Waals surface area contributed by atoms with Crippen LogP contribution in [-0.4, -0.2) is 106 Å². The molecule has 0 spiro atoms. The normalized spacial score (nSPS) is 15.0. The van der Waals surface area contributed by atoms with Gasteiger partial charge in [-0.3, -0.25) is 19.4 Å². The van der Waals surface area contributed by atoms with E-state index in [1.165, 1.54) is 22.3 Å². The van der Waals surface area contributed by atoms with Gasteiger partial charge in [0, 0.05) is 84.8 Å². The van der Waals surface area contributed by atoms with E-state index in [1.807, 2.05) is 116 Å². The highest BCUT2D eigenvalue weighted by Gasteiger charge is 2.41. The number of carbonyl (C=O) groups is 2. The van der Waals surface area contributed by atoms with Crippen LogP contribution in [0.4, 0.5) is 0 Å². The molecule has 6 rings (SSSR count). The highest BCUT2D eigenvalue weighted by molar-refractivity contribution is 8.26. The van der Waals surface area contributed by atoms with Gasteiger partial charge >= 0.3 is 0 Å². The summed E-state index contributed by atoms with van der Waals surface area (Å²) < 4.78 is 9.09. The van der Waals surface area contributed by atoms with Crippen LogP contribution in [0.25, 0.3) is 5.57 Å². The van der Waals surface area contributed by atoms with E-state index in [2.05, 4.69) is 86.8 Å². The average Bonchev–Trinajstić information content (AvgIpc) is 3.31. The first-order valence-electron chi connectivity index (χ1n) is 22.2. The molecule has 1 unspecified atom stereocenters. The summed E-state index contributed by atoms with van der Waals surface area (Å²) in [7, 11) is 7.36. The largest absolute Gasteiger partial charge is 0.380 e. The zero-order chi connectivity index (χ0) is 45.8. The maximum Gasteiger partial charge on any atom is 0.253 e. The van der Waals surface area contributed by atoms with Crippen molar-refractivity contribution in [3.05, 3.63) is 173 Å². The number of aliphatic hydroxyl groups is 1. The smallest absolute Gasteiger partial charge is 0.253 e. The number of nitrogens with zero attached hydrogens (tertiary/aromatic N) is 4. The number of piperidine rings is 2. The fraction of sp³-hybridized carbons (Fsp3) is 0.407. The van der Waals surface area contributed by atoms with E-state index in [0.717, 1.165) is 94.7 Å². The Morgan fingerprint density at radius 2 is 0.985 bits per heavy atom. The minimum absolute atomic E-state index is 0. The minimum Gasteiger partial charge on any atom is -0.380 e. The van der Waals surface area contributed by atoms with Crippen molar-refractivity contribution in [3.8, 4) is 0 Å². The second-order valence-corrected chi connectivity index (χ2v) is 18.2. The Morgan fingerprint density at radius 1 is 0.631 bits per heavy atom. The van der Waals surface area contributed by atoms with Crippen LogP contribution in [0, 0.1) is 5.92 Å². The van der Waals surface area contributed by atoms with Crippen molar-refractivity contribution < 1.29 is 18.9 Å². The highest BCUT2D eigenvalue weighted by Crippen LogP contribution is 2.42. The van der Waals surface area contributed by atoms with E-state index in [1.54, 1.807) is 0 Å². The second-order valence-electron chi connectivity index (χ2n) is 15.7. The van der Waals surface area contributed by atoms with Gasteiger partial charge in [-0.15, -0.1) is 13.2 Å². The molecule has 2 fully saturated rings. The van der Waals surface area contributed by atoms with Crippen LogP contribution < -0.4 is 0 Å². The van der Waals surface area contributed by atoms with Crippen LogP contribution in [0.2, 0.25) is 0 Å². The lowest BCUT2D eigenvalue weighted by Crippen LogP contribution is -2.44. The summed E-state index contributed by atoms with van der Waals surface area (Å²) >= 11 is 0. The van der Waals surface area contributed by atoms with E-state index in [4.69, 9.17) is 4.21 Å². The zero-order valence-electron chi connectivity index (χ0n) is 37.6. The van der Waals surface area contributed by atoms with E-state index < -0.39 is 14.8 Å². The summed E-state index contributed by atoms with van der Waals surface area (Å²) in [5, 5.41) is 12.1. The van der Waals surface area contributed by atoms with Gasteiger partial charge in [-0.1, -0.05) is 118 Å². The predicted octanol–water partition coefficient (Wildman–Crippen LogP) is 11.9. The quantitative estimate of drug-likeness (QED) is 0.0944. The lowest BCUT2D eigenvalue weighted by Gasteiger charge is -2.42. The van der Waals surface area contributed by atoms with Crippen molar-refractivity contribution in [2.45, 2.75) is 73.8 Å². The molecule has 0 aliphatic carbocycles. The molecule has 2 aliphatic heterocycles. The number of likely N-dealkylation sites (tertiary alicyclic amines) is 2. The number of hydrogen-bond donors (Lipinski definition) is 1. The molecule has 0 aromatic heterocycles. The molecular formula is C54H74Cl2N4O4S. The first-order valence-corrected chi connectivity index (χ1v) is 25.0. The third-order valence-electron chi connectivity index (χ3n) is 12.1. The Morgan fingerprint density at radius 3 is 1.40 bits per heavy atom. The molecule has 1 N–H and O–H groups in total. The molecule has 4 aromatic rings. The standard InChI is InChI=1S/C26H34N2O2.C26H32N2O.2CH4.Cl2OS/c1-4-18-27-19-16-24(17-20-27)26(30,22-10-8-7-9-11-22)23-14-12-21(13-15-23)25(29)28(5-2)6-3;1-4-18-27-19-16-23(17-20-27)25(21-10-8-7-9-11-21)22-12-14-24(15-13-22)26(29)28(5-2)6-3;;;1-4(2)3/h4,7-15,24,30H,1,5-6,16-20H2,2-3H3;4,7-15H,1,5-6,16-20H2,2-3H3;2*1H4;. The minimum atomic E-state index is -1.67. The van der Waals surface area contributed by atoms with Gasteiger partial charge in [-0.2, -0.15) is 0 Å². The van der Waals surface area contributed by atoms with Crippen molar-refractivity contribution in [2.24, 2.45) is 5.92 Å². The van der Waals surface area contributed by atoms with Gasteiger partial charge in [0.25, 0.3) is 11.8 Å². The van der Waals surface area contributed by atoms with Gasteiger partial charge < -0.3 is 14.9 Å². The van der Waals surface area contributed by atoms with Crippen LogP contribution in [0.3, 0.4) is 0 Å². The van der Waals surface area contributed by atoms with Crippen LogP contribution >= 0.6 is 21.4 Å². The molecule has 8 nitrogen and oxygen atoms in total. The number of hydrogen-bond acceptors (Lipinski definition) is 6. The number of amides is 2. The molecule has 0 radical (unpaired) electrons. The summed E-state index contributed by atoms with van der Waals surface area (Å²) in [6, 6.07) is 36.3. The van der Waals surface area contributed by atoms with Crippen LogP contribution in [0.15, 0.2) is 140 Å². The topological polar surface area (TPSA) is 84.4 Å². The van der Waals surface area contributed by atoms with Gasteiger partial charge in [0.1, 0.15) is 5.60 Å². The molecule has 2 heterocycles. The molecule has 354 valence electrons. The number of rotatable bonds is 15. The van der Waals surface area contributed by atoms with Crippen molar-refractivity contribution in [1.29, 1.82) is 0 Å². The molecule has 4 aromatic carbocycles. The fourth-order valence-corrected chi connectivity index (χ4v) is 8.70. The summed E-state index contributed by atoms with van der Waals surface area (Å²) in [4.78, 5) is 33.8. The maximum absolute atomic E-state index is 12.7. The Hall–Kier alpha value is -4.35. The van der Waals surface area contributed by atoms with Gasteiger partial charge in [0.05, 0.1) is 0 Å². The molecule has 65 heavy (non-hydrogen) atoms. The molecule has 0 bridgehead atoms. The average molecular weight is 946 g/mol. The molecule has 11 heteroatoms. The van der Waals surface area contributed by atoms with Gasteiger partial charge in [0.15, 0.2) is 0 Å². The highest BCUT2D eigenvalue weighted by atomic mass is 36.0. The van der Waals surface area contributed by atoms with Gasteiger partial charge in [-0.25, -0.2) is 4.21 Å². The number of benzene rings is 4. The Bertz CT molecular complexity index is 2070. The van der Waals surface area contributed by atoms with E-state index in [0.29, 0.717) is 18.7 Å². The van der Waals surface area contributed by atoms with E-state index in [-0.39, 0.29) is 32.6 Å². The Balaban J connectivity index is 0.000000401. The summed E-state index contributed by atoms with van der Waals surface area (Å²) in [6.45, 7) is 24.4. The Kier molecular flexibility index (Phi) is 25.6. The summed E-state index contributed by atoms with van der Waals surface area (Å²) in [5.74, 6) is 0.256. The second kappa shape index (κ2) is 29.3. The van der Waals surface area contributed by atoms with E-state index in [9.17, 15) is 14.7 Å². The monoisotopic (exact) mass is 944 g/mol. The molecule has 2 saturated heterocycles. The lowest BCUT2D eigenvalue weighted by molar-refractivity contribution is -0.0127. The first kappa shape index (κ1) is 56.8. The van der Waals surface area contributed by atoms with Crippen molar-refractivity contribution >= 4 is 48.0 Å². The Labute approximate surface area is 403 Å². The van der Waals surface area contributed by atoms with Crippen molar-refractivity contribution in [3.63, 3.8) is 0 Å². The number of halogens is 2. The number of carbonyl (C=O) groups excluding carboxylic acids is 2. The van der Waals surface area contributed by atoms with Gasteiger partial charge in [-0.05, 0) is 124 Å². The van der Waals surface area contributed by atoms with Crippen LogP contribution in [0.1, 0.15) is 111 Å². The lowest BCUT2D eigenvalue weighted by atomic mass is 9.72. The van der Waals surface area contributed by atoms with E-state index >= 15 is 0 Å². The van der Waals surface area contributed by atoms with Crippen LogP contribution in [0.5, 0.6) is 0 Å². The molecule has 0 saturated carbocycles. The molecule has 1 atom stereocenters.